The minimum Gasteiger partial charge on any atom is -0.357 e. The van der Waals surface area contributed by atoms with Gasteiger partial charge in [0, 0.05) is 24.9 Å². The first-order valence-electron chi connectivity index (χ1n) is 8.22. The van der Waals surface area contributed by atoms with Crippen molar-refractivity contribution in [3.8, 4) is 0 Å². The average Bonchev–Trinajstić information content (AvgIpc) is 3.01. The summed E-state index contributed by atoms with van der Waals surface area (Å²) in [5, 5.41) is 9.45. The zero-order valence-electron chi connectivity index (χ0n) is 14.5. The molecule has 0 atom stereocenters. The quantitative estimate of drug-likeness (QED) is 0.541. The summed E-state index contributed by atoms with van der Waals surface area (Å²) >= 11 is 1.64. The van der Waals surface area contributed by atoms with E-state index in [1.54, 1.807) is 41.7 Å². The molecule has 1 aromatic heterocycles. The van der Waals surface area contributed by atoms with Crippen molar-refractivity contribution in [1.82, 2.24) is 15.6 Å². The average molecular weight is 381 g/mol. The van der Waals surface area contributed by atoms with Gasteiger partial charge in [0.2, 0.25) is 0 Å². The van der Waals surface area contributed by atoms with E-state index in [4.69, 9.17) is 0 Å². The zero-order chi connectivity index (χ0) is 18.1. The van der Waals surface area contributed by atoms with Crippen LogP contribution in [0, 0.1) is 6.92 Å². The Kier molecular flexibility index (Phi) is 7.39. The molecule has 0 saturated heterocycles. The number of sulfone groups is 1. The molecule has 136 valence electrons. The fourth-order valence-electron chi connectivity index (χ4n) is 2.20. The summed E-state index contributed by atoms with van der Waals surface area (Å²) in [5.74, 6) is 0.608. The summed E-state index contributed by atoms with van der Waals surface area (Å²) in [6.07, 6.45) is 0.803. The van der Waals surface area contributed by atoms with Crippen LogP contribution in [0.3, 0.4) is 0 Å². The highest BCUT2D eigenvalue weighted by Gasteiger charge is 2.13. The fraction of sp³-hybridized carbons (Fsp3) is 0.412. The molecular formula is C17H24N4O2S2. The second-order valence-corrected chi connectivity index (χ2v) is 8.60. The third kappa shape index (κ3) is 6.47. The Bertz CT molecular complexity index is 786. The SMILES string of the molecule is CCNC(=NCCS(=O)(=O)c1ccccc1)NCCc1csc(C)n1. The molecule has 0 bridgehead atoms. The van der Waals surface area contributed by atoms with E-state index in [2.05, 4.69) is 20.6 Å². The van der Waals surface area contributed by atoms with Crippen molar-refractivity contribution >= 4 is 27.1 Å². The molecular weight excluding hydrogens is 356 g/mol. The van der Waals surface area contributed by atoms with Gasteiger partial charge in [0.05, 0.1) is 27.9 Å². The van der Waals surface area contributed by atoms with Crippen LogP contribution in [0.1, 0.15) is 17.6 Å². The summed E-state index contributed by atoms with van der Waals surface area (Å²) in [4.78, 5) is 9.11. The van der Waals surface area contributed by atoms with E-state index >= 15 is 0 Å². The first-order chi connectivity index (χ1) is 12.0. The lowest BCUT2D eigenvalue weighted by Gasteiger charge is -2.10. The number of rotatable bonds is 8. The Morgan fingerprint density at radius 2 is 2.00 bits per heavy atom. The number of thiazole rings is 1. The van der Waals surface area contributed by atoms with Gasteiger partial charge >= 0.3 is 0 Å². The smallest absolute Gasteiger partial charge is 0.191 e. The molecule has 0 amide bonds. The molecule has 0 aliphatic rings. The van der Waals surface area contributed by atoms with Gasteiger partial charge in [0.1, 0.15) is 0 Å². The topological polar surface area (TPSA) is 83.5 Å². The Labute approximate surface area is 153 Å². The lowest BCUT2D eigenvalue weighted by atomic mass is 10.3. The molecule has 25 heavy (non-hydrogen) atoms. The standard InChI is InChI=1S/C17H24N4O2S2/c1-3-18-17(19-10-9-15-13-24-14(2)21-15)20-11-12-25(22,23)16-7-5-4-6-8-16/h4-8,13H,3,9-12H2,1-2H3,(H2,18,19,20). The molecule has 0 saturated carbocycles. The fourth-order valence-corrected chi connectivity index (χ4v) is 3.98. The molecule has 2 aromatic rings. The summed E-state index contributed by atoms with van der Waals surface area (Å²) in [7, 11) is -3.30. The molecule has 0 radical (unpaired) electrons. The highest BCUT2D eigenvalue weighted by atomic mass is 32.2. The lowest BCUT2D eigenvalue weighted by Crippen LogP contribution is -2.38. The second-order valence-electron chi connectivity index (χ2n) is 5.43. The van der Waals surface area contributed by atoms with Crippen molar-refractivity contribution < 1.29 is 8.42 Å². The maximum absolute atomic E-state index is 12.3. The van der Waals surface area contributed by atoms with Gasteiger partial charge in [-0.1, -0.05) is 18.2 Å². The van der Waals surface area contributed by atoms with Crippen LogP contribution >= 0.6 is 11.3 Å². The first kappa shape index (κ1) is 19.4. The van der Waals surface area contributed by atoms with Crippen molar-refractivity contribution in [1.29, 1.82) is 0 Å². The molecule has 0 spiro atoms. The third-order valence-corrected chi connectivity index (χ3v) is 5.95. The van der Waals surface area contributed by atoms with E-state index in [0.29, 0.717) is 23.9 Å². The lowest BCUT2D eigenvalue weighted by molar-refractivity contribution is 0.596. The minimum absolute atomic E-state index is 0.0150. The van der Waals surface area contributed by atoms with Crippen molar-refractivity contribution in [2.24, 2.45) is 4.99 Å². The van der Waals surface area contributed by atoms with Gasteiger partial charge in [0.25, 0.3) is 0 Å². The molecule has 2 N–H and O–H groups in total. The Balaban J connectivity index is 1.86. The number of aliphatic imine (C=N–C) groups is 1. The summed E-state index contributed by atoms with van der Waals surface area (Å²) in [6.45, 7) is 5.58. The van der Waals surface area contributed by atoms with Crippen LogP contribution in [0.4, 0.5) is 0 Å². The number of benzene rings is 1. The van der Waals surface area contributed by atoms with Crippen LogP contribution in [0.15, 0.2) is 45.6 Å². The predicted octanol–water partition coefficient (Wildman–Crippen LogP) is 2.02. The van der Waals surface area contributed by atoms with Gasteiger partial charge in [0.15, 0.2) is 15.8 Å². The van der Waals surface area contributed by atoms with E-state index in [9.17, 15) is 8.42 Å². The van der Waals surface area contributed by atoms with Gasteiger partial charge in [-0.15, -0.1) is 11.3 Å². The number of nitrogens with zero attached hydrogens (tertiary/aromatic N) is 2. The van der Waals surface area contributed by atoms with E-state index in [1.165, 1.54) is 0 Å². The van der Waals surface area contributed by atoms with Gasteiger partial charge in [-0.25, -0.2) is 13.4 Å². The van der Waals surface area contributed by atoms with E-state index in [-0.39, 0.29) is 12.3 Å². The van der Waals surface area contributed by atoms with Crippen molar-refractivity contribution in [3.63, 3.8) is 0 Å². The minimum atomic E-state index is -3.30. The summed E-state index contributed by atoms with van der Waals surface area (Å²) in [6, 6.07) is 8.47. The van der Waals surface area contributed by atoms with Gasteiger partial charge in [-0.2, -0.15) is 0 Å². The largest absolute Gasteiger partial charge is 0.357 e. The molecule has 0 fully saturated rings. The van der Waals surface area contributed by atoms with Crippen LogP contribution in [-0.4, -0.2) is 44.7 Å². The number of hydrogen-bond acceptors (Lipinski definition) is 5. The molecule has 1 aromatic carbocycles. The van der Waals surface area contributed by atoms with Gasteiger partial charge < -0.3 is 10.6 Å². The maximum atomic E-state index is 12.3. The van der Waals surface area contributed by atoms with Crippen LogP contribution < -0.4 is 10.6 Å². The summed E-state index contributed by atoms with van der Waals surface area (Å²) in [5.41, 5.74) is 1.05. The van der Waals surface area contributed by atoms with Crippen molar-refractivity contribution in [2.45, 2.75) is 25.2 Å². The third-order valence-electron chi connectivity index (χ3n) is 3.42. The highest BCUT2D eigenvalue weighted by Crippen LogP contribution is 2.10. The number of hydrogen-bond donors (Lipinski definition) is 2. The second kappa shape index (κ2) is 9.53. The number of aromatic nitrogens is 1. The van der Waals surface area contributed by atoms with Crippen LogP contribution in [-0.2, 0) is 16.3 Å². The predicted molar refractivity (Wildman–Crippen MR) is 103 cm³/mol. The molecule has 2 rings (SSSR count). The number of aryl methyl sites for hydroxylation is 1. The van der Waals surface area contributed by atoms with E-state index < -0.39 is 9.84 Å². The van der Waals surface area contributed by atoms with Crippen LogP contribution in [0.25, 0.3) is 0 Å². The van der Waals surface area contributed by atoms with Gasteiger partial charge in [-0.3, -0.25) is 4.99 Å². The zero-order valence-corrected chi connectivity index (χ0v) is 16.2. The van der Waals surface area contributed by atoms with E-state index in [0.717, 1.165) is 17.1 Å². The highest BCUT2D eigenvalue weighted by molar-refractivity contribution is 7.91. The maximum Gasteiger partial charge on any atom is 0.191 e. The number of guanidine groups is 1. The van der Waals surface area contributed by atoms with Crippen LogP contribution in [0.5, 0.6) is 0 Å². The monoisotopic (exact) mass is 380 g/mol. The molecule has 0 aliphatic carbocycles. The molecule has 6 nitrogen and oxygen atoms in total. The number of nitrogens with one attached hydrogen (secondary N) is 2. The summed E-state index contributed by atoms with van der Waals surface area (Å²) < 4.78 is 24.5. The Hall–Kier alpha value is -1.93. The first-order valence-corrected chi connectivity index (χ1v) is 10.8. The normalized spacial score (nSPS) is 12.2. The molecule has 0 aliphatic heterocycles. The molecule has 1 heterocycles. The van der Waals surface area contributed by atoms with Crippen LogP contribution in [0.2, 0.25) is 0 Å². The van der Waals surface area contributed by atoms with Gasteiger partial charge in [-0.05, 0) is 26.0 Å². The van der Waals surface area contributed by atoms with E-state index in [1.807, 2.05) is 19.2 Å². The Morgan fingerprint density at radius 3 is 2.64 bits per heavy atom. The Morgan fingerprint density at radius 1 is 1.24 bits per heavy atom. The van der Waals surface area contributed by atoms with Crippen molar-refractivity contribution in [3.05, 3.63) is 46.4 Å². The molecule has 8 heteroatoms. The van der Waals surface area contributed by atoms with Crippen molar-refractivity contribution in [2.75, 3.05) is 25.4 Å². The molecule has 0 unspecified atom stereocenters.